The molecule has 0 aliphatic rings. The van der Waals surface area contributed by atoms with E-state index in [9.17, 15) is 0 Å². The van der Waals surface area contributed by atoms with Crippen molar-refractivity contribution in [3.63, 3.8) is 0 Å². The molecule has 0 atom stereocenters. The van der Waals surface area contributed by atoms with Crippen LogP contribution in [0.3, 0.4) is 0 Å². The average molecular weight is 244 g/mol. The number of allylic oxidation sites excluding steroid dienone is 1. The summed E-state index contributed by atoms with van der Waals surface area (Å²) in [4.78, 5) is 14.3. The molecule has 0 bridgehead atoms. The Morgan fingerprint density at radius 3 is 2.31 bits per heavy atom. The molecule has 0 saturated carbocycles. The highest BCUT2D eigenvalue weighted by Crippen LogP contribution is 2.07. The summed E-state index contributed by atoms with van der Waals surface area (Å²) in [6.07, 6.45) is 5.20. The van der Waals surface area contributed by atoms with Crippen LogP contribution in [0.2, 0.25) is 0 Å². The second-order valence-corrected chi connectivity index (χ2v) is 3.35. The summed E-state index contributed by atoms with van der Waals surface area (Å²) in [6.45, 7) is 2.77. The Morgan fingerprint density at radius 2 is 1.81 bits per heavy atom. The van der Waals surface area contributed by atoms with Gasteiger partial charge in [0, 0.05) is 0 Å². The maximum atomic E-state index is 8.74. The highest BCUT2D eigenvalue weighted by atomic mass is 31.1. The van der Waals surface area contributed by atoms with Gasteiger partial charge in [0.2, 0.25) is 0 Å². The Labute approximate surface area is 96.2 Å². The summed E-state index contributed by atoms with van der Waals surface area (Å²) in [5.41, 5.74) is 0. The lowest BCUT2D eigenvalue weighted by molar-refractivity contribution is 0.362. The predicted molar refractivity (Wildman–Crippen MR) is 64.8 cm³/mol. The lowest BCUT2D eigenvalue weighted by Crippen LogP contribution is -1.92. The number of hydrogen-bond acceptors (Lipinski definition) is 2. The molecular weight excluding hydrogens is 227 g/mol. The predicted octanol–water partition coefficient (Wildman–Crippen LogP) is 2.39. The van der Waals surface area contributed by atoms with E-state index < -0.39 is 8.25 Å². The van der Waals surface area contributed by atoms with Gasteiger partial charge in [-0.3, -0.25) is 4.57 Å². The monoisotopic (exact) mass is 244 g/mol. The van der Waals surface area contributed by atoms with Crippen molar-refractivity contribution in [3.8, 4) is 5.75 Å². The van der Waals surface area contributed by atoms with E-state index in [2.05, 4.69) is 13.0 Å². The molecule has 1 aromatic rings. The Morgan fingerprint density at radius 1 is 1.25 bits per heavy atom. The topological polar surface area (TPSA) is 66.8 Å². The van der Waals surface area contributed by atoms with Crippen LogP contribution in [0.15, 0.2) is 42.5 Å². The van der Waals surface area contributed by atoms with Crippen LogP contribution in [-0.2, 0) is 4.57 Å². The molecule has 0 aromatic heterocycles. The molecule has 0 radical (unpaired) electrons. The molecule has 90 valence electrons. The van der Waals surface area contributed by atoms with E-state index >= 15 is 0 Å². The van der Waals surface area contributed by atoms with Crippen molar-refractivity contribution < 1.29 is 19.1 Å². The van der Waals surface area contributed by atoms with Crippen molar-refractivity contribution in [2.75, 3.05) is 6.61 Å². The third kappa shape index (κ3) is 11.0. The molecule has 1 rings (SSSR count). The molecule has 0 amide bonds. The lowest BCUT2D eigenvalue weighted by atomic mass is 10.3. The number of rotatable bonds is 4. The second-order valence-electron chi connectivity index (χ2n) is 2.79. The standard InChI is InChI=1S/C11H14O.H3O3P/c1-2-3-7-10-12-11-8-5-4-6-9-11;1-4(2)3/h3-9H,2,10H2,1H3;4H,(H2,1,2,3). The lowest BCUT2D eigenvalue weighted by Gasteiger charge is -2.00. The Hall–Kier alpha value is -1.09. The third-order valence-electron chi connectivity index (χ3n) is 1.49. The van der Waals surface area contributed by atoms with Crippen molar-refractivity contribution in [1.29, 1.82) is 0 Å². The quantitative estimate of drug-likeness (QED) is 0.630. The van der Waals surface area contributed by atoms with Crippen LogP contribution < -0.4 is 4.74 Å². The molecule has 5 heteroatoms. The molecular formula is C11H17O4P. The highest BCUT2D eigenvalue weighted by molar-refractivity contribution is 7.30. The van der Waals surface area contributed by atoms with Gasteiger partial charge in [-0.2, -0.15) is 0 Å². The summed E-state index contributed by atoms with van der Waals surface area (Å²) < 4.78 is 14.2. The average Bonchev–Trinajstić information content (AvgIpc) is 2.25. The Kier molecular flexibility index (Phi) is 9.72. The Balaban J connectivity index is 0.000000487. The van der Waals surface area contributed by atoms with Gasteiger partial charge in [0.25, 0.3) is 0 Å². The summed E-state index contributed by atoms with van der Waals surface area (Å²) >= 11 is 0. The van der Waals surface area contributed by atoms with Crippen LogP contribution in [0.1, 0.15) is 13.3 Å². The molecule has 4 nitrogen and oxygen atoms in total. The number of hydrogen-bond donors (Lipinski definition) is 2. The number of para-hydroxylation sites is 1. The van der Waals surface area contributed by atoms with Gasteiger partial charge in [-0.1, -0.05) is 37.3 Å². The van der Waals surface area contributed by atoms with Crippen LogP contribution in [0.4, 0.5) is 0 Å². The molecule has 0 fully saturated rings. The SMILES string of the molecule is CCC=CCOc1ccccc1.O=[PH](O)O. The Bertz CT molecular complexity index is 307. The van der Waals surface area contributed by atoms with Crippen LogP contribution >= 0.6 is 8.25 Å². The second kappa shape index (κ2) is 10.4. The molecule has 0 saturated heterocycles. The maximum Gasteiger partial charge on any atom is 0.314 e. The molecule has 16 heavy (non-hydrogen) atoms. The maximum absolute atomic E-state index is 8.74. The van der Waals surface area contributed by atoms with Crippen LogP contribution in [-0.4, -0.2) is 16.4 Å². The molecule has 0 heterocycles. The zero-order chi connectivity index (χ0) is 12.2. The van der Waals surface area contributed by atoms with Gasteiger partial charge in [-0.05, 0) is 18.6 Å². The first-order chi connectivity index (χ1) is 7.66. The van der Waals surface area contributed by atoms with Crippen molar-refractivity contribution >= 4 is 8.25 Å². The zero-order valence-corrected chi connectivity index (χ0v) is 10.2. The van der Waals surface area contributed by atoms with Gasteiger partial charge >= 0.3 is 8.25 Å². The minimum atomic E-state index is -3.13. The fraction of sp³-hybridized carbons (Fsp3) is 0.273. The molecule has 0 unspecified atom stereocenters. The van der Waals surface area contributed by atoms with Gasteiger partial charge in [0.05, 0.1) is 0 Å². The summed E-state index contributed by atoms with van der Waals surface area (Å²) in [5, 5.41) is 0. The molecule has 1 aromatic carbocycles. The largest absolute Gasteiger partial charge is 0.490 e. The zero-order valence-electron chi connectivity index (χ0n) is 9.17. The minimum Gasteiger partial charge on any atom is -0.490 e. The normalized spacial score (nSPS) is 10.0. The van der Waals surface area contributed by atoms with Gasteiger partial charge < -0.3 is 14.5 Å². The van der Waals surface area contributed by atoms with Gasteiger partial charge in [-0.15, -0.1) is 0 Å². The summed E-state index contributed by atoms with van der Waals surface area (Å²) in [7, 11) is -3.13. The van der Waals surface area contributed by atoms with Crippen LogP contribution in [0, 0.1) is 0 Å². The van der Waals surface area contributed by atoms with E-state index in [-0.39, 0.29) is 0 Å². The highest BCUT2D eigenvalue weighted by Gasteiger charge is 1.85. The first-order valence-corrected chi connectivity index (χ1v) is 6.21. The van der Waals surface area contributed by atoms with Crippen LogP contribution in [0.5, 0.6) is 5.75 Å². The fourth-order valence-electron chi connectivity index (χ4n) is 0.896. The number of benzene rings is 1. The molecule has 0 aliphatic heterocycles. The van der Waals surface area contributed by atoms with Gasteiger partial charge in [0.15, 0.2) is 0 Å². The van der Waals surface area contributed by atoms with Crippen molar-refractivity contribution in [1.82, 2.24) is 0 Å². The molecule has 0 spiro atoms. The fourth-order valence-corrected chi connectivity index (χ4v) is 0.896. The van der Waals surface area contributed by atoms with E-state index in [1.165, 1.54) is 0 Å². The third-order valence-corrected chi connectivity index (χ3v) is 1.49. The van der Waals surface area contributed by atoms with E-state index in [1.807, 2.05) is 36.4 Å². The summed E-state index contributed by atoms with van der Waals surface area (Å²) in [6, 6.07) is 9.84. The van der Waals surface area contributed by atoms with E-state index in [1.54, 1.807) is 0 Å². The van der Waals surface area contributed by atoms with E-state index in [0.29, 0.717) is 6.61 Å². The van der Waals surface area contributed by atoms with Gasteiger partial charge in [-0.25, -0.2) is 0 Å². The smallest absolute Gasteiger partial charge is 0.314 e. The molecule has 0 aliphatic carbocycles. The first-order valence-electron chi connectivity index (χ1n) is 4.91. The minimum absolute atomic E-state index is 0.665. The summed E-state index contributed by atoms with van der Waals surface area (Å²) in [5.74, 6) is 0.929. The van der Waals surface area contributed by atoms with Gasteiger partial charge in [0.1, 0.15) is 12.4 Å². The van der Waals surface area contributed by atoms with E-state index in [0.717, 1.165) is 12.2 Å². The van der Waals surface area contributed by atoms with E-state index in [4.69, 9.17) is 19.1 Å². The van der Waals surface area contributed by atoms with Crippen molar-refractivity contribution in [2.24, 2.45) is 0 Å². The molecule has 2 N–H and O–H groups in total. The first kappa shape index (κ1) is 14.9. The van der Waals surface area contributed by atoms with Crippen molar-refractivity contribution in [3.05, 3.63) is 42.5 Å². The van der Waals surface area contributed by atoms with Crippen LogP contribution in [0.25, 0.3) is 0 Å². The number of ether oxygens (including phenoxy) is 1. The van der Waals surface area contributed by atoms with Crippen molar-refractivity contribution in [2.45, 2.75) is 13.3 Å².